The third-order valence-corrected chi connectivity index (χ3v) is 2.77. The number of carboxylic acids is 1. The largest absolute Gasteiger partial charge is 0.481 e. The van der Waals surface area contributed by atoms with Crippen LogP contribution in [0.1, 0.15) is 33.6 Å². The number of nitrogens with zero attached hydrogens (tertiary/aromatic N) is 1. The molecule has 1 rings (SSSR count). The van der Waals surface area contributed by atoms with Crippen molar-refractivity contribution in [2.45, 2.75) is 33.6 Å². The highest BCUT2D eigenvalue weighted by atomic mass is 16.4. The van der Waals surface area contributed by atoms with Crippen molar-refractivity contribution in [2.24, 2.45) is 11.3 Å². The first kappa shape index (κ1) is 12.0. The summed E-state index contributed by atoms with van der Waals surface area (Å²) in [6.45, 7) is 6.82. The summed E-state index contributed by atoms with van der Waals surface area (Å²) >= 11 is 0. The molecule has 4 heteroatoms. The van der Waals surface area contributed by atoms with E-state index < -0.39 is 5.97 Å². The van der Waals surface area contributed by atoms with Crippen molar-refractivity contribution < 1.29 is 14.7 Å². The Labute approximate surface area is 90.3 Å². The lowest BCUT2D eigenvalue weighted by Crippen LogP contribution is -2.45. The van der Waals surface area contributed by atoms with Gasteiger partial charge in [0.15, 0.2) is 0 Å². The van der Waals surface area contributed by atoms with Crippen LogP contribution in [0.2, 0.25) is 0 Å². The average Bonchev–Trinajstić information content (AvgIpc) is 2.15. The second-order valence-corrected chi connectivity index (χ2v) is 5.15. The molecule has 0 saturated carbocycles. The number of carbonyl (C=O) groups excluding carboxylic acids is 1. The van der Waals surface area contributed by atoms with Crippen LogP contribution in [0.15, 0.2) is 0 Å². The molecule has 0 aromatic heterocycles. The number of hydrogen-bond acceptors (Lipinski definition) is 2. The van der Waals surface area contributed by atoms with E-state index in [9.17, 15) is 9.59 Å². The van der Waals surface area contributed by atoms with Gasteiger partial charge in [0, 0.05) is 18.5 Å². The number of carboxylic acid groups (broad SMARTS) is 1. The summed E-state index contributed by atoms with van der Waals surface area (Å²) in [6.07, 6.45) is 1.16. The van der Waals surface area contributed by atoms with E-state index in [1.54, 1.807) is 4.90 Å². The molecule has 0 atom stereocenters. The van der Waals surface area contributed by atoms with Gasteiger partial charge in [-0.15, -0.1) is 0 Å². The summed E-state index contributed by atoms with van der Waals surface area (Å²) in [6, 6.07) is 0. The molecule has 0 unspecified atom stereocenters. The first-order valence-electron chi connectivity index (χ1n) is 5.34. The normalized spacial score (nSPS) is 19.0. The second kappa shape index (κ2) is 4.21. The van der Waals surface area contributed by atoms with E-state index in [4.69, 9.17) is 5.11 Å². The van der Waals surface area contributed by atoms with Crippen molar-refractivity contribution in [1.82, 2.24) is 4.90 Å². The Morgan fingerprint density at radius 2 is 1.67 bits per heavy atom. The smallest absolute Gasteiger partial charge is 0.306 e. The Morgan fingerprint density at radius 1 is 1.20 bits per heavy atom. The van der Waals surface area contributed by atoms with Gasteiger partial charge in [0.25, 0.3) is 0 Å². The van der Waals surface area contributed by atoms with Gasteiger partial charge in [-0.3, -0.25) is 9.59 Å². The van der Waals surface area contributed by atoms with E-state index in [-0.39, 0.29) is 17.2 Å². The summed E-state index contributed by atoms with van der Waals surface area (Å²) in [4.78, 5) is 24.4. The molecule has 1 aliphatic heterocycles. The zero-order chi connectivity index (χ0) is 11.6. The zero-order valence-corrected chi connectivity index (χ0v) is 9.62. The maximum Gasteiger partial charge on any atom is 0.306 e. The molecular formula is C11H19NO3. The molecule has 1 fully saturated rings. The fourth-order valence-corrected chi connectivity index (χ4v) is 1.80. The molecule has 1 N–H and O–H groups in total. The molecule has 1 saturated heterocycles. The monoisotopic (exact) mass is 213 g/mol. The fourth-order valence-electron chi connectivity index (χ4n) is 1.80. The van der Waals surface area contributed by atoms with Gasteiger partial charge in [0.1, 0.15) is 0 Å². The number of piperidine rings is 1. The lowest BCUT2D eigenvalue weighted by Gasteiger charge is -2.34. The molecule has 86 valence electrons. The van der Waals surface area contributed by atoms with E-state index in [1.165, 1.54) is 0 Å². The van der Waals surface area contributed by atoms with E-state index in [1.807, 2.05) is 20.8 Å². The molecule has 1 aliphatic rings. The van der Waals surface area contributed by atoms with Crippen molar-refractivity contribution in [2.75, 3.05) is 13.1 Å². The highest BCUT2D eigenvalue weighted by Gasteiger charge is 2.32. The summed E-state index contributed by atoms with van der Waals surface area (Å²) in [5.74, 6) is -0.891. The molecule has 0 spiro atoms. The van der Waals surface area contributed by atoms with Crippen LogP contribution in [0.5, 0.6) is 0 Å². The Morgan fingerprint density at radius 3 is 2.00 bits per heavy atom. The summed E-state index contributed by atoms with van der Waals surface area (Å²) < 4.78 is 0. The zero-order valence-electron chi connectivity index (χ0n) is 9.62. The first-order chi connectivity index (χ1) is 6.82. The highest BCUT2D eigenvalue weighted by molar-refractivity contribution is 5.82. The molecule has 1 amide bonds. The van der Waals surface area contributed by atoms with Gasteiger partial charge >= 0.3 is 5.97 Å². The number of likely N-dealkylation sites (tertiary alicyclic amines) is 1. The Kier molecular flexibility index (Phi) is 3.37. The highest BCUT2D eigenvalue weighted by Crippen LogP contribution is 2.23. The predicted octanol–water partition coefficient (Wildman–Crippen LogP) is 1.36. The molecule has 1 heterocycles. The van der Waals surface area contributed by atoms with Crippen molar-refractivity contribution in [1.29, 1.82) is 0 Å². The maximum absolute atomic E-state index is 11.9. The minimum absolute atomic E-state index is 0.117. The number of aliphatic carboxylic acids is 1. The van der Waals surface area contributed by atoms with Gasteiger partial charge in [-0.2, -0.15) is 0 Å². The van der Waals surface area contributed by atoms with Crippen LogP contribution < -0.4 is 0 Å². The molecule has 4 nitrogen and oxygen atoms in total. The van der Waals surface area contributed by atoms with E-state index in [2.05, 4.69) is 0 Å². The average molecular weight is 213 g/mol. The van der Waals surface area contributed by atoms with Crippen LogP contribution in [-0.4, -0.2) is 35.0 Å². The van der Waals surface area contributed by atoms with Gasteiger partial charge in [-0.1, -0.05) is 20.8 Å². The SMILES string of the molecule is CC(C)(C)C(=O)N1CCC(C(=O)O)CC1. The molecular weight excluding hydrogens is 194 g/mol. The first-order valence-corrected chi connectivity index (χ1v) is 5.34. The van der Waals surface area contributed by atoms with Crippen LogP contribution in [-0.2, 0) is 9.59 Å². The van der Waals surface area contributed by atoms with Gasteiger partial charge in [-0.25, -0.2) is 0 Å². The molecule has 0 aromatic carbocycles. The molecule has 15 heavy (non-hydrogen) atoms. The van der Waals surface area contributed by atoms with Crippen molar-refractivity contribution in [3.05, 3.63) is 0 Å². The van der Waals surface area contributed by atoms with Crippen molar-refractivity contribution in [3.63, 3.8) is 0 Å². The summed E-state index contributed by atoms with van der Waals surface area (Å²) in [7, 11) is 0. The number of carbonyl (C=O) groups is 2. The number of hydrogen-bond donors (Lipinski definition) is 1. The minimum Gasteiger partial charge on any atom is -0.481 e. The summed E-state index contributed by atoms with van der Waals surface area (Å²) in [5.41, 5.74) is -0.365. The lowest BCUT2D eigenvalue weighted by atomic mass is 9.91. The number of rotatable bonds is 1. The Hall–Kier alpha value is -1.06. The third kappa shape index (κ3) is 2.94. The van der Waals surface area contributed by atoms with Crippen LogP contribution in [0.4, 0.5) is 0 Å². The van der Waals surface area contributed by atoms with Gasteiger partial charge < -0.3 is 10.0 Å². The quantitative estimate of drug-likeness (QED) is 0.715. The summed E-state index contributed by atoms with van der Waals surface area (Å²) in [5, 5.41) is 8.82. The Bertz CT molecular complexity index is 259. The van der Waals surface area contributed by atoms with Gasteiger partial charge in [0.2, 0.25) is 5.91 Å². The Balaban J connectivity index is 2.51. The second-order valence-electron chi connectivity index (χ2n) is 5.15. The van der Waals surface area contributed by atoms with Crippen LogP contribution in [0, 0.1) is 11.3 Å². The van der Waals surface area contributed by atoms with Gasteiger partial charge in [0.05, 0.1) is 5.92 Å². The maximum atomic E-state index is 11.9. The van der Waals surface area contributed by atoms with E-state index >= 15 is 0 Å². The van der Waals surface area contributed by atoms with Crippen LogP contribution >= 0.6 is 0 Å². The van der Waals surface area contributed by atoms with E-state index in [0.29, 0.717) is 25.9 Å². The van der Waals surface area contributed by atoms with Gasteiger partial charge in [-0.05, 0) is 12.8 Å². The molecule has 0 aliphatic carbocycles. The van der Waals surface area contributed by atoms with Crippen molar-refractivity contribution in [3.8, 4) is 0 Å². The standard InChI is InChI=1S/C11H19NO3/c1-11(2,3)10(15)12-6-4-8(5-7-12)9(13)14/h8H,4-7H2,1-3H3,(H,13,14). The van der Waals surface area contributed by atoms with Crippen molar-refractivity contribution >= 4 is 11.9 Å². The minimum atomic E-state index is -0.738. The third-order valence-electron chi connectivity index (χ3n) is 2.77. The van der Waals surface area contributed by atoms with Crippen LogP contribution in [0.3, 0.4) is 0 Å². The van der Waals surface area contributed by atoms with Crippen LogP contribution in [0.25, 0.3) is 0 Å². The fraction of sp³-hybridized carbons (Fsp3) is 0.818. The topological polar surface area (TPSA) is 57.6 Å². The lowest BCUT2D eigenvalue weighted by molar-refractivity contribution is -0.148. The number of amides is 1. The van der Waals surface area contributed by atoms with E-state index in [0.717, 1.165) is 0 Å². The molecule has 0 bridgehead atoms. The molecule has 0 radical (unpaired) electrons. The molecule has 0 aromatic rings. The predicted molar refractivity (Wildman–Crippen MR) is 56.4 cm³/mol.